The predicted octanol–water partition coefficient (Wildman–Crippen LogP) is 4.22. The van der Waals surface area contributed by atoms with Crippen LogP contribution in [-0.2, 0) is 22.9 Å². The number of hydrogen-bond acceptors (Lipinski definition) is 4. The Morgan fingerprint density at radius 2 is 1.85 bits per heavy atom. The zero-order valence-corrected chi connectivity index (χ0v) is 17.7. The molecule has 146 valence electrons. The molecule has 1 aromatic carbocycles. The van der Waals surface area contributed by atoms with Gasteiger partial charge in [-0.15, -0.1) is 11.3 Å². The highest BCUT2D eigenvalue weighted by molar-refractivity contribution is 7.89. The maximum Gasteiger partial charge on any atom is 0.265 e. The monoisotopic (exact) mass is 406 g/mol. The van der Waals surface area contributed by atoms with E-state index >= 15 is 0 Å². The fourth-order valence-corrected chi connectivity index (χ4v) is 6.31. The van der Waals surface area contributed by atoms with Crippen LogP contribution in [0.4, 0.5) is 5.69 Å². The number of nitrogens with one attached hydrogen (secondary N) is 1. The number of nitrogens with zero attached hydrogens (tertiary/aromatic N) is 1. The minimum atomic E-state index is -3.57. The maximum absolute atomic E-state index is 12.9. The molecule has 1 aliphatic carbocycles. The van der Waals surface area contributed by atoms with E-state index in [1.54, 1.807) is 36.5 Å². The molecule has 1 heterocycles. The molecule has 1 amide bonds. The smallest absolute Gasteiger partial charge is 0.265 e. The van der Waals surface area contributed by atoms with Crippen LogP contribution in [0.3, 0.4) is 0 Å². The predicted molar refractivity (Wildman–Crippen MR) is 110 cm³/mol. The summed E-state index contributed by atoms with van der Waals surface area (Å²) in [7, 11) is -3.57. The molecule has 1 aromatic heterocycles. The Hall–Kier alpha value is -1.70. The standard InChI is InChI=1S/C20H26N2O3S2/c1-4-22(5-2)27(24,25)19-13-16(11-10-14(19)3)21-20(23)18-12-15-8-6-7-9-17(15)26-18/h10-13H,4-9H2,1-3H3,(H,21,23). The lowest BCUT2D eigenvalue weighted by Crippen LogP contribution is -2.31. The van der Waals surface area contributed by atoms with Crippen molar-refractivity contribution in [3.05, 3.63) is 45.1 Å². The number of rotatable bonds is 6. The van der Waals surface area contributed by atoms with Gasteiger partial charge >= 0.3 is 0 Å². The Labute approximate surface area is 165 Å². The maximum atomic E-state index is 12.9. The molecule has 7 heteroatoms. The highest BCUT2D eigenvalue weighted by Gasteiger charge is 2.24. The van der Waals surface area contributed by atoms with Crippen LogP contribution in [0.2, 0.25) is 0 Å². The van der Waals surface area contributed by atoms with E-state index < -0.39 is 10.0 Å². The summed E-state index contributed by atoms with van der Waals surface area (Å²) in [6.45, 7) is 6.24. The van der Waals surface area contributed by atoms with Crippen molar-refractivity contribution in [3.63, 3.8) is 0 Å². The first kappa shape index (κ1) is 20.0. The molecule has 0 spiro atoms. The van der Waals surface area contributed by atoms with E-state index in [0.29, 0.717) is 29.2 Å². The summed E-state index contributed by atoms with van der Waals surface area (Å²) in [6, 6.07) is 7.04. The van der Waals surface area contributed by atoms with Crippen LogP contribution < -0.4 is 5.32 Å². The summed E-state index contributed by atoms with van der Waals surface area (Å²) in [6.07, 6.45) is 4.44. The largest absolute Gasteiger partial charge is 0.321 e. The number of carbonyl (C=O) groups excluding carboxylic acids is 1. The SMILES string of the molecule is CCN(CC)S(=O)(=O)c1cc(NC(=O)c2cc3c(s2)CCCC3)ccc1C. The molecule has 1 N–H and O–H groups in total. The third-order valence-electron chi connectivity index (χ3n) is 4.99. The van der Waals surface area contributed by atoms with Crippen LogP contribution in [0.1, 0.15) is 52.4 Å². The van der Waals surface area contributed by atoms with Crippen LogP contribution in [0.15, 0.2) is 29.2 Å². The summed E-state index contributed by atoms with van der Waals surface area (Å²) in [4.78, 5) is 14.9. The van der Waals surface area contributed by atoms with Crippen LogP contribution in [0.25, 0.3) is 0 Å². The molecule has 1 aliphatic rings. The van der Waals surface area contributed by atoms with E-state index in [1.165, 1.54) is 27.6 Å². The van der Waals surface area contributed by atoms with Crippen molar-refractivity contribution in [2.75, 3.05) is 18.4 Å². The van der Waals surface area contributed by atoms with Gasteiger partial charge in [0.2, 0.25) is 10.0 Å². The van der Waals surface area contributed by atoms with Gasteiger partial charge in [-0.3, -0.25) is 4.79 Å². The zero-order valence-electron chi connectivity index (χ0n) is 16.0. The first-order chi connectivity index (χ1) is 12.9. The van der Waals surface area contributed by atoms with Gasteiger partial charge in [-0.2, -0.15) is 4.31 Å². The molecule has 0 saturated heterocycles. The second kappa shape index (κ2) is 8.12. The topological polar surface area (TPSA) is 66.5 Å². The second-order valence-corrected chi connectivity index (χ2v) is 9.83. The van der Waals surface area contributed by atoms with Gasteiger partial charge in [-0.25, -0.2) is 8.42 Å². The van der Waals surface area contributed by atoms with Crippen LogP contribution in [0.5, 0.6) is 0 Å². The van der Waals surface area contributed by atoms with Crippen molar-refractivity contribution in [2.24, 2.45) is 0 Å². The molecule has 5 nitrogen and oxygen atoms in total. The quantitative estimate of drug-likeness (QED) is 0.781. The number of anilines is 1. The number of fused-ring (bicyclic) bond motifs is 1. The number of amides is 1. The molecule has 27 heavy (non-hydrogen) atoms. The lowest BCUT2D eigenvalue weighted by molar-refractivity contribution is 0.103. The minimum Gasteiger partial charge on any atom is -0.321 e. The number of benzene rings is 1. The number of hydrogen-bond donors (Lipinski definition) is 1. The normalized spacial score (nSPS) is 14.2. The third-order valence-corrected chi connectivity index (χ3v) is 8.42. The van der Waals surface area contributed by atoms with E-state index in [9.17, 15) is 13.2 Å². The highest BCUT2D eigenvalue weighted by Crippen LogP contribution is 2.30. The van der Waals surface area contributed by atoms with Gasteiger partial charge < -0.3 is 5.32 Å². The third kappa shape index (κ3) is 4.10. The summed E-state index contributed by atoms with van der Waals surface area (Å²) >= 11 is 1.55. The minimum absolute atomic E-state index is 0.176. The lowest BCUT2D eigenvalue weighted by atomic mass is 9.99. The van der Waals surface area contributed by atoms with Gasteiger partial charge in [-0.1, -0.05) is 19.9 Å². The van der Waals surface area contributed by atoms with Crippen LogP contribution in [0, 0.1) is 6.92 Å². The van der Waals surface area contributed by atoms with Crippen molar-refractivity contribution in [1.29, 1.82) is 0 Å². The Kier molecular flexibility index (Phi) is 6.03. The van der Waals surface area contributed by atoms with Gasteiger partial charge in [0.25, 0.3) is 5.91 Å². The van der Waals surface area contributed by atoms with Gasteiger partial charge in [0.1, 0.15) is 0 Å². The molecule has 3 rings (SSSR count). The van der Waals surface area contributed by atoms with Crippen molar-refractivity contribution in [3.8, 4) is 0 Å². The average Bonchev–Trinajstić information content (AvgIpc) is 3.08. The molecule has 0 radical (unpaired) electrons. The zero-order chi connectivity index (χ0) is 19.6. The molecule has 0 atom stereocenters. The lowest BCUT2D eigenvalue weighted by Gasteiger charge is -2.20. The second-order valence-electron chi connectivity index (χ2n) is 6.79. The number of thiophene rings is 1. The molecule has 0 saturated carbocycles. The summed E-state index contributed by atoms with van der Waals surface area (Å²) in [5.41, 5.74) is 2.46. The molecule has 0 unspecified atom stereocenters. The highest BCUT2D eigenvalue weighted by atomic mass is 32.2. The first-order valence-corrected chi connectivity index (χ1v) is 11.7. The number of carbonyl (C=O) groups is 1. The Bertz CT molecular complexity index is 921. The molecule has 0 aliphatic heterocycles. The summed E-state index contributed by atoms with van der Waals surface area (Å²) in [5.74, 6) is -0.176. The first-order valence-electron chi connectivity index (χ1n) is 9.40. The van der Waals surface area contributed by atoms with Gasteiger partial charge in [0, 0.05) is 23.7 Å². The van der Waals surface area contributed by atoms with E-state index in [0.717, 1.165) is 12.8 Å². The van der Waals surface area contributed by atoms with Gasteiger partial charge in [-0.05, 0) is 61.9 Å². The van der Waals surface area contributed by atoms with Crippen LogP contribution in [-0.4, -0.2) is 31.7 Å². The Balaban J connectivity index is 1.86. The molecular weight excluding hydrogens is 380 g/mol. The molecule has 0 fully saturated rings. The average molecular weight is 407 g/mol. The number of sulfonamides is 1. The van der Waals surface area contributed by atoms with E-state index in [2.05, 4.69) is 5.32 Å². The fraction of sp³-hybridized carbons (Fsp3) is 0.450. The van der Waals surface area contributed by atoms with Crippen molar-refractivity contribution >= 4 is 33.0 Å². The van der Waals surface area contributed by atoms with Crippen molar-refractivity contribution in [2.45, 2.75) is 51.3 Å². The van der Waals surface area contributed by atoms with Gasteiger partial charge in [0.05, 0.1) is 9.77 Å². The molecule has 2 aromatic rings. The van der Waals surface area contributed by atoms with E-state index in [4.69, 9.17) is 0 Å². The Morgan fingerprint density at radius 1 is 1.15 bits per heavy atom. The fourth-order valence-electron chi connectivity index (χ4n) is 3.45. The number of aryl methyl sites for hydroxylation is 3. The molecule has 0 bridgehead atoms. The summed E-state index contributed by atoms with van der Waals surface area (Å²) < 4.78 is 27.2. The summed E-state index contributed by atoms with van der Waals surface area (Å²) in [5, 5.41) is 2.87. The van der Waals surface area contributed by atoms with E-state index in [1.807, 2.05) is 19.9 Å². The van der Waals surface area contributed by atoms with Gasteiger partial charge in [0.15, 0.2) is 0 Å². The van der Waals surface area contributed by atoms with E-state index in [-0.39, 0.29) is 10.8 Å². The molecular formula is C20H26N2O3S2. The Morgan fingerprint density at radius 3 is 2.52 bits per heavy atom. The van der Waals surface area contributed by atoms with Crippen molar-refractivity contribution < 1.29 is 13.2 Å². The van der Waals surface area contributed by atoms with Crippen molar-refractivity contribution in [1.82, 2.24) is 4.31 Å². The van der Waals surface area contributed by atoms with Crippen LogP contribution >= 0.6 is 11.3 Å².